The molecule has 0 amide bonds. The molecule has 1 atom stereocenters. The molecular formula is C12H23NO2. The summed E-state index contributed by atoms with van der Waals surface area (Å²) in [6.07, 6.45) is 7.84. The molecule has 0 saturated heterocycles. The molecule has 88 valence electrons. The third kappa shape index (κ3) is 8.18. The fraction of sp³-hybridized carbons (Fsp3) is 0.750. The molecule has 0 aliphatic rings. The van der Waals surface area contributed by atoms with Crippen molar-refractivity contribution in [2.45, 2.75) is 45.6 Å². The molecule has 0 unspecified atom stereocenters. The average Bonchev–Trinajstić information content (AvgIpc) is 2.27. The van der Waals surface area contributed by atoms with E-state index in [9.17, 15) is 4.79 Å². The van der Waals surface area contributed by atoms with Crippen LogP contribution in [0.15, 0.2) is 12.2 Å². The van der Waals surface area contributed by atoms with Gasteiger partial charge in [-0.2, -0.15) is 0 Å². The standard InChI is InChI=1S/C12H23NO2/c1-4-6-8-11(5-2)13-10-7-9-12(14)15-3/h6,8,11,13H,4-5,7,9-10H2,1-3H3/b8-6+/t11-/m1/s1. The molecule has 0 aromatic rings. The van der Waals surface area contributed by atoms with Crippen LogP contribution in [-0.2, 0) is 9.53 Å². The van der Waals surface area contributed by atoms with Crippen LogP contribution in [0.4, 0.5) is 0 Å². The number of hydrogen-bond acceptors (Lipinski definition) is 3. The van der Waals surface area contributed by atoms with Crippen molar-refractivity contribution >= 4 is 5.97 Å². The lowest BCUT2D eigenvalue weighted by molar-refractivity contribution is -0.140. The van der Waals surface area contributed by atoms with Gasteiger partial charge in [-0.3, -0.25) is 4.79 Å². The highest BCUT2D eigenvalue weighted by molar-refractivity contribution is 5.69. The maximum absolute atomic E-state index is 10.8. The molecule has 0 aliphatic heterocycles. The summed E-state index contributed by atoms with van der Waals surface area (Å²) in [6, 6.07) is 0.433. The first-order valence-corrected chi connectivity index (χ1v) is 5.71. The number of methoxy groups -OCH3 is 1. The maximum atomic E-state index is 10.8. The van der Waals surface area contributed by atoms with E-state index in [0.29, 0.717) is 12.5 Å². The predicted molar refractivity (Wildman–Crippen MR) is 62.8 cm³/mol. The number of carbonyl (C=O) groups is 1. The Morgan fingerprint density at radius 3 is 2.73 bits per heavy atom. The molecule has 1 N–H and O–H groups in total. The van der Waals surface area contributed by atoms with E-state index in [2.05, 4.69) is 36.1 Å². The normalized spacial score (nSPS) is 13.0. The summed E-state index contributed by atoms with van der Waals surface area (Å²) >= 11 is 0. The van der Waals surface area contributed by atoms with Crippen molar-refractivity contribution in [3.8, 4) is 0 Å². The molecule has 3 heteroatoms. The first-order valence-electron chi connectivity index (χ1n) is 5.71. The minimum Gasteiger partial charge on any atom is -0.469 e. The molecule has 0 aromatic carbocycles. The molecule has 0 heterocycles. The molecule has 15 heavy (non-hydrogen) atoms. The van der Waals surface area contributed by atoms with Gasteiger partial charge >= 0.3 is 5.97 Å². The second-order valence-corrected chi connectivity index (χ2v) is 3.48. The van der Waals surface area contributed by atoms with E-state index in [1.807, 2.05) is 0 Å². The summed E-state index contributed by atoms with van der Waals surface area (Å²) in [6.45, 7) is 5.14. The quantitative estimate of drug-likeness (QED) is 0.382. The van der Waals surface area contributed by atoms with Gasteiger partial charge in [0.1, 0.15) is 0 Å². The Labute approximate surface area is 92.9 Å². The predicted octanol–water partition coefficient (Wildman–Crippen LogP) is 2.27. The lowest BCUT2D eigenvalue weighted by Crippen LogP contribution is -2.27. The van der Waals surface area contributed by atoms with Crippen LogP contribution in [0.5, 0.6) is 0 Å². The molecule has 0 radical (unpaired) electrons. The third-order valence-corrected chi connectivity index (χ3v) is 2.24. The molecule has 0 bridgehead atoms. The lowest BCUT2D eigenvalue weighted by atomic mass is 10.2. The van der Waals surface area contributed by atoms with Crippen molar-refractivity contribution in [3.05, 3.63) is 12.2 Å². The monoisotopic (exact) mass is 213 g/mol. The van der Waals surface area contributed by atoms with E-state index >= 15 is 0 Å². The second-order valence-electron chi connectivity index (χ2n) is 3.48. The van der Waals surface area contributed by atoms with Gasteiger partial charge in [0.15, 0.2) is 0 Å². The first kappa shape index (κ1) is 14.2. The molecule has 0 aromatic heterocycles. The number of nitrogens with one attached hydrogen (secondary N) is 1. The zero-order chi connectivity index (χ0) is 11.5. The van der Waals surface area contributed by atoms with Crippen molar-refractivity contribution in [1.82, 2.24) is 5.32 Å². The van der Waals surface area contributed by atoms with Crippen molar-refractivity contribution < 1.29 is 9.53 Å². The van der Waals surface area contributed by atoms with Gasteiger partial charge in [-0.25, -0.2) is 0 Å². The second kappa shape index (κ2) is 9.71. The Morgan fingerprint density at radius 2 is 2.20 bits per heavy atom. The molecule has 0 fully saturated rings. The Hall–Kier alpha value is -0.830. The zero-order valence-corrected chi connectivity index (χ0v) is 10.1. The van der Waals surface area contributed by atoms with Gasteiger partial charge in [0.05, 0.1) is 7.11 Å². The maximum Gasteiger partial charge on any atom is 0.305 e. The molecule has 0 rings (SSSR count). The van der Waals surface area contributed by atoms with E-state index in [4.69, 9.17) is 0 Å². The fourth-order valence-corrected chi connectivity index (χ4v) is 1.27. The van der Waals surface area contributed by atoms with Crippen molar-refractivity contribution in [3.63, 3.8) is 0 Å². The van der Waals surface area contributed by atoms with Gasteiger partial charge < -0.3 is 10.1 Å². The number of carbonyl (C=O) groups excluding carboxylic acids is 1. The van der Waals surface area contributed by atoms with Gasteiger partial charge in [0.2, 0.25) is 0 Å². The summed E-state index contributed by atoms with van der Waals surface area (Å²) < 4.78 is 4.57. The van der Waals surface area contributed by atoms with Crippen LogP contribution in [0.1, 0.15) is 39.5 Å². The molecular weight excluding hydrogens is 190 g/mol. The van der Waals surface area contributed by atoms with Crippen LogP contribution in [-0.4, -0.2) is 25.7 Å². The molecule has 0 aliphatic carbocycles. The van der Waals surface area contributed by atoms with Crippen molar-refractivity contribution in [2.24, 2.45) is 0 Å². The Morgan fingerprint density at radius 1 is 1.47 bits per heavy atom. The van der Waals surface area contributed by atoms with Gasteiger partial charge in [-0.1, -0.05) is 26.0 Å². The number of esters is 1. The third-order valence-electron chi connectivity index (χ3n) is 2.24. The summed E-state index contributed by atoms with van der Waals surface area (Å²) in [5, 5.41) is 3.39. The van der Waals surface area contributed by atoms with Gasteiger partial charge in [-0.05, 0) is 25.8 Å². The Bertz CT molecular complexity index is 190. The highest BCUT2D eigenvalue weighted by Crippen LogP contribution is 1.96. The minimum atomic E-state index is -0.131. The lowest BCUT2D eigenvalue weighted by Gasteiger charge is -2.12. The van der Waals surface area contributed by atoms with Crippen LogP contribution >= 0.6 is 0 Å². The summed E-state index contributed by atoms with van der Waals surface area (Å²) in [5.74, 6) is -0.131. The SMILES string of the molecule is CC/C=C/[C@@H](CC)NCCCC(=O)OC. The number of hydrogen-bond donors (Lipinski definition) is 1. The minimum absolute atomic E-state index is 0.131. The Kier molecular flexibility index (Phi) is 9.18. The van der Waals surface area contributed by atoms with Gasteiger partial charge in [0, 0.05) is 12.5 Å². The van der Waals surface area contributed by atoms with E-state index in [1.54, 1.807) is 0 Å². The Balaban J connectivity index is 3.54. The van der Waals surface area contributed by atoms with Crippen LogP contribution < -0.4 is 5.32 Å². The number of ether oxygens (including phenoxy) is 1. The number of rotatable bonds is 8. The topological polar surface area (TPSA) is 38.3 Å². The van der Waals surface area contributed by atoms with E-state index in [0.717, 1.165) is 25.8 Å². The number of allylic oxidation sites excluding steroid dienone is 1. The van der Waals surface area contributed by atoms with Crippen molar-refractivity contribution in [2.75, 3.05) is 13.7 Å². The summed E-state index contributed by atoms with van der Waals surface area (Å²) in [4.78, 5) is 10.8. The van der Waals surface area contributed by atoms with Gasteiger partial charge in [0.25, 0.3) is 0 Å². The van der Waals surface area contributed by atoms with Crippen LogP contribution in [0.3, 0.4) is 0 Å². The summed E-state index contributed by atoms with van der Waals surface area (Å²) in [5.41, 5.74) is 0. The van der Waals surface area contributed by atoms with E-state index < -0.39 is 0 Å². The highest BCUT2D eigenvalue weighted by atomic mass is 16.5. The highest BCUT2D eigenvalue weighted by Gasteiger charge is 2.02. The van der Waals surface area contributed by atoms with E-state index in [-0.39, 0.29) is 5.97 Å². The van der Waals surface area contributed by atoms with Crippen LogP contribution in [0.2, 0.25) is 0 Å². The fourth-order valence-electron chi connectivity index (χ4n) is 1.27. The first-order chi connectivity index (χ1) is 7.24. The summed E-state index contributed by atoms with van der Waals surface area (Å²) in [7, 11) is 1.43. The smallest absolute Gasteiger partial charge is 0.305 e. The molecule has 0 spiro atoms. The molecule has 0 saturated carbocycles. The zero-order valence-electron chi connectivity index (χ0n) is 10.1. The van der Waals surface area contributed by atoms with Crippen molar-refractivity contribution in [1.29, 1.82) is 0 Å². The largest absolute Gasteiger partial charge is 0.469 e. The van der Waals surface area contributed by atoms with Crippen LogP contribution in [0, 0.1) is 0 Å². The van der Waals surface area contributed by atoms with E-state index in [1.165, 1.54) is 7.11 Å². The average molecular weight is 213 g/mol. The van der Waals surface area contributed by atoms with Crippen LogP contribution in [0.25, 0.3) is 0 Å². The molecule has 3 nitrogen and oxygen atoms in total. The van der Waals surface area contributed by atoms with Gasteiger partial charge in [-0.15, -0.1) is 0 Å².